The van der Waals surface area contributed by atoms with Gasteiger partial charge in [0.25, 0.3) is 0 Å². The Labute approximate surface area is 122 Å². The van der Waals surface area contributed by atoms with E-state index in [0.717, 1.165) is 6.42 Å². The Morgan fingerprint density at radius 2 is 2.00 bits per heavy atom. The largest absolute Gasteiger partial charge is 0.381 e. The van der Waals surface area contributed by atoms with Crippen molar-refractivity contribution in [1.82, 2.24) is 5.32 Å². The van der Waals surface area contributed by atoms with E-state index < -0.39 is 0 Å². The van der Waals surface area contributed by atoms with Crippen LogP contribution >= 0.6 is 0 Å². The van der Waals surface area contributed by atoms with Gasteiger partial charge in [-0.2, -0.15) is 0 Å². The zero-order valence-corrected chi connectivity index (χ0v) is 13.0. The van der Waals surface area contributed by atoms with E-state index in [1.807, 2.05) is 7.11 Å². The SMILES string of the molecule is COC1CCC(NC2c3ccccc3CCC2(C)C)C1. The summed E-state index contributed by atoms with van der Waals surface area (Å²) in [5.41, 5.74) is 3.38. The van der Waals surface area contributed by atoms with Gasteiger partial charge in [-0.05, 0) is 48.6 Å². The molecule has 1 aromatic rings. The van der Waals surface area contributed by atoms with E-state index in [0.29, 0.717) is 23.6 Å². The normalized spacial score (nSPS) is 32.0. The standard InChI is InChI=1S/C18H27NO/c1-18(2)11-10-13-6-4-5-7-16(13)17(18)19-14-8-9-15(12-14)20-3/h4-7,14-15,17,19H,8-12H2,1-3H3. The molecule has 2 aliphatic rings. The first-order valence-electron chi connectivity index (χ1n) is 7.97. The number of benzene rings is 1. The monoisotopic (exact) mass is 273 g/mol. The first-order chi connectivity index (χ1) is 9.60. The van der Waals surface area contributed by atoms with Crippen molar-refractivity contribution in [3.8, 4) is 0 Å². The molecule has 3 atom stereocenters. The van der Waals surface area contributed by atoms with Gasteiger partial charge in [0, 0.05) is 19.2 Å². The van der Waals surface area contributed by atoms with Gasteiger partial charge in [0.15, 0.2) is 0 Å². The number of aryl methyl sites for hydroxylation is 1. The van der Waals surface area contributed by atoms with Crippen LogP contribution in [-0.4, -0.2) is 19.3 Å². The van der Waals surface area contributed by atoms with E-state index in [2.05, 4.69) is 43.4 Å². The van der Waals surface area contributed by atoms with Crippen LogP contribution in [0.1, 0.15) is 56.7 Å². The van der Waals surface area contributed by atoms with E-state index in [1.165, 1.54) is 36.8 Å². The number of ether oxygens (including phenoxy) is 1. The third kappa shape index (κ3) is 2.64. The summed E-state index contributed by atoms with van der Waals surface area (Å²) in [4.78, 5) is 0. The van der Waals surface area contributed by atoms with Crippen molar-refractivity contribution in [2.24, 2.45) is 5.41 Å². The molecule has 2 heteroatoms. The molecule has 20 heavy (non-hydrogen) atoms. The Morgan fingerprint density at radius 3 is 2.75 bits per heavy atom. The number of nitrogens with one attached hydrogen (secondary N) is 1. The van der Waals surface area contributed by atoms with Crippen molar-refractivity contribution in [3.63, 3.8) is 0 Å². The third-order valence-electron chi connectivity index (χ3n) is 5.31. The minimum atomic E-state index is 0.333. The van der Waals surface area contributed by atoms with Crippen molar-refractivity contribution < 1.29 is 4.74 Å². The van der Waals surface area contributed by atoms with Gasteiger partial charge in [-0.3, -0.25) is 0 Å². The average Bonchev–Trinajstić information content (AvgIpc) is 2.90. The lowest BCUT2D eigenvalue weighted by atomic mass is 9.70. The van der Waals surface area contributed by atoms with Gasteiger partial charge in [0.05, 0.1) is 6.10 Å². The first kappa shape index (κ1) is 14.1. The molecule has 3 rings (SSSR count). The summed E-state index contributed by atoms with van der Waals surface area (Å²) in [5, 5.41) is 3.95. The Morgan fingerprint density at radius 1 is 1.20 bits per heavy atom. The molecule has 0 aliphatic heterocycles. The summed E-state index contributed by atoms with van der Waals surface area (Å²) >= 11 is 0. The van der Waals surface area contributed by atoms with Crippen LogP contribution < -0.4 is 5.32 Å². The van der Waals surface area contributed by atoms with E-state index in [1.54, 1.807) is 0 Å². The lowest BCUT2D eigenvalue weighted by molar-refractivity contribution is 0.104. The summed E-state index contributed by atoms with van der Waals surface area (Å²) in [7, 11) is 1.84. The quantitative estimate of drug-likeness (QED) is 0.903. The number of hydrogen-bond donors (Lipinski definition) is 1. The average molecular weight is 273 g/mol. The van der Waals surface area contributed by atoms with Crippen molar-refractivity contribution >= 4 is 0 Å². The molecule has 3 unspecified atom stereocenters. The number of methoxy groups -OCH3 is 1. The molecule has 1 aromatic carbocycles. The Balaban J connectivity index is 1.80. The maximum absolute atomic E-state index is 5.51. The highest BCUT2D eigenvalue weighted by atomic mass is 16.5. The highest BCUT2D eigenvalue weighted by Gasteiger charge is 2.38. The fraction of sp³-hybridized carbons (Fsp3) is 0.667. The Hall–Kier alpha value is -0.860. The van der Waals surface area contributed by atoms with Crippen LogP contribution in [0.5, 0.6) is 0 Å². The zero-order valence-electron chi connectivity index (χ0n) is 13.0. The number of hydrogen-bond acceptors (Lipinski definition) is 2. The highest BCUT2D eigenvalue weighted by molar-refractivity contribution is 5.34. The van der Waals surface area contributed by atoms with Gasteiger partial charge in [0.2, 0.25) is 0 Å². The molecule has 1 N–H and O–H groups in total. The maximum atomic E-state index is 5.51. The molecule has 0 radical (unpaired) electrons. The minimum absolute atomic E-state index is 0.333. The summed E-state index contributed by atoms with van der Waals surface area (Å²) in [6.45, 7) is 4.81. The molecule has 0 saturated heterocycles. The lowest BCUT2D eigenvalue weighted by Gasteiger charge is -2.42. The summed E-state index contributed by atoms with van der Waals surface area (Å²) in [6, 6.07) is 10.1. The molecule has 0 bridgehead atoms. The van der Waals surface area contributed by atoms with E-state index >= 15 is 0 Å². The first-order valence-corrected chi connectivity index (χ1v) is 7.97. The molecule has 1 saturated carbocycles. The van der Waals surface area contributed by atoms with Crippen molar-refractivity contribution in [3.05, 3.63) is 35.4 Å². The molecule has 2 nitrogen and oxygen atoms in total. The van der Waals surface area contributed by atoms with Gasteiger partial charge >= 0.3 is 0 Å². The van der Waals surface area contributed by atoms with E-state index in [9.17, 15) is 0 Å². The van der Waals surface area contributed by atoms with Gasteiger partial charge < -0.3 is 10.1 Å². The van der Waals surface area contributed by atoms with Crippen molar-refractivity contribution in [1.29, 1.82) is 0 Å². The van der Waals surface area contributed by atoms with Gasteiger partial charge in [0.1, 0.15) is 0 Å². The summed E-state index contributed by atoms with van der Waals surface area (Å²) < 4.78 is 5.51. The second-order valence-electron chi connectivity index (χ2n) is 7.15. The molecule has 110 valence electrons. The minimum Gasteiger partial charge on any atom is -0.381 e. The van der Waals surface area contributed by atoms with Crippen LogP contribution in [0.15, 0.2) is 24.3 Å². The fourth-order valence-corrected chi connectivity index (χ4v) is 3.92. The van der Waals surface area contributed by atoms with Crippen molar-refractivity contribution in [2.75, 3.05) is 7.11 Å². The van der Waals surface area contributed by atoms with E-state index in [4.69, 9.17) is 4.74 Å². The second kappa shape index (κ2) is 5.50. The highest BCUT2D eigenvalue weighted by Crippen LogP contribution is 2.44. The van der Waals surface area contributed by atoms with Crippen LogP contribution in [-0.2, 0) is 11.2 Å². The number of rotatable bonds is 3. The smallest absolute Gasteiger partial charge is 0.0586 e. The molecule has 0 aromatic heterocycles. The number of fused-ring (bicyclic) bond motifs is 1. The molecule has 0 amide bonds. The van der Waals surface area contributed by atoms with Crippen LogP contribution in [0.4, 0.5) is 0 Å². The molecular formula is C18H27NO. The third-order valence-corrected chi connectivity index (χ3v) is 5.31. The summed E-state index contributed by atoms with van der Waals surface area (Å²) in [6.07, 6.45) is 6.53. The van der Waals surface area contributed by atoms with E-state index in [-0.39, 0.29) is 0 Å². The van der Waals surface area contributed by atoms with Gasteiger partial charge in [-0.25, -0.2) is 0 Å². The molecule has 1 fully saturated rings. The zero-order chi connectivity index (χ0) is 14.2. The summed E-state index contributed by atoms with van der Waals surface area (Å²) in [5.74, 6) is 0. The van der Waals surface area contributed by atoms with Crippen LogP contribution in [0, 0.1) is 5.41 Å². The van der Waals surface area contributed by atoms with Gasteiger partial charge in [-0.15, -0.1) is 0 Å². The fourth-order valence-electron chi connectivity index (χ4n) is 3.92. The topological polar surface area (TPSA) is 21.3 Å². The molecule has 2 aliphatic carbocycles. The molecular weight excluding hydrogens is 246 g/mol. The lowest BCUT2D eigenvalue weighted by Crippen LogP contribution is -2.42. The molecule has 0 heterocycles. The van der Waals surface area contributed by atoms with Gasteiger partial charge in [-0.1, -0.05) is 38.1 Å². The second-order valence-corrected chi connectivity index (χ2v) is 7.15. The van der Waals surface area contributed by atoms with Crippen LogP contribution in [0.3, 0.4) is 0 Å². The Bertz CT molecular complexity index is 468. The molecule has 0 spiro atoms. The van der Waals surface area contributed by atoms with Crippen molar-refractivity contribution in [2.45, 2.75) is 64.1 Å². The predicted octanol–water partition coefficient (Wildman–Crippen LogP) is 3.86. The van der Waals surface area contributed by atoms with Crippen LogP contribution in [0.25, 0.3) is 0 Å². The van der Waals surface area contributed by atoms with Crippen LogP contribution in [0.2, 0.25) is 0 Å². The predicted molar refractivity (Wildman–Crippen MR) is 82.9 cm³/mol. The maximum Gasteiger partial charge on any atom is 0.0586 e. The Kier molecular flexibility index (Phi) is 3.87.